The maximum absolute atomic E-state index is 12.6. The number of rotatable bonds is 1. The van der Waals surface area contributed by atoms with E-state index in [9.17, 15) is 4.39 Å². The molecule has 0 aliphatic carbocycles. The quantitative estimate of drug-likeness (QED) is 0.764. The highest BCUT2D eigenvalue weighted by Crippen LogP contribution is 2.08. The van der Waals surface area contributed by atoms with Gasteiger partial charge in [0, 0.05) is 6.20 Å². The molecular weight excluding hydrogens is 229 g/mol. The molecule has 0 aliphatic heterocycles. The first-order chi connectivity index (χ1) is 8.66. The normalized spacial score (nSPS) is 8.83. The molecule has 0 saturated heterocycles. The van der Waals surface area contributed by atoms with Crippen LogP contribution in [-0.4, -0.2) is 14.8 Å². The third kappa shape index (κ3) is 4.28. The highest BCUT2D eigenvalue weighted by atomic mass is 19.1. The fourth-order valence-electron chi connectivity index (χ4n) is 1.17. The molecule has 0 aromatic carbocycles. The highest BCUT2D eigenvalue weighted by molar-refractivity contribution is 5.24. The van der Waals surface area contributed by atoms with E-state index in [4.69, 9.17) is 0 Å². The van der Waals surface area contributed by atoms with Crippen molar-refractivity contribution in [2.45, 2.75) is 41.5 Å². The Morgan fingerprint density at radius 3 is 2.06 bits per heavy atom. The van der Waals surface area contributed by atoms with Gasteiger partial charge in [0.05, 0.1) is 11.9 Å². The second-order valence-corrected chi connectivity index (χ2v) is 3.18. The lowest BCUT2D eigenvalue weighted by Gasteiger charge is -1.98. The zero-order valence-corrected chi connectivity index (χ0v) is 12.0. The van der Waals surface area contributed by atoms with Gasteiger partial charge in [0.25, 0.3) is 0 Å². The Kier molecular flexibility index (Phi) is 7.59. The Balaban J connectivity index is 0.000000659. The van der Waals surface area contributed by atoms with Crippen molar-refractivity contribution in [1.29, 1.82) is 0 Å². The van der Waals surface area contributed by atoms with E-state index in [1.807, 2.05) is 47.7 Å². The summed E-state index contributed by atoms with van der Waals surface area (Å²) < 4.78 is 14.2. The van der Waals surface area contributed by atoms with Crippen molar-refractivity contribution in [1.82, 2.24) is 14.8 Å². The van der Waals surface area contributed by atoms with E-state index in [1.165, 1.54) is 12.3 Å². The van der Waals surface area contributed by atoms with Crippen LogP contribution >= 0.6 is 0 Å². The molecule has 0 saturated carbocycles. The minimum Gasteiger partial charge on any atom is -0.234 e. The van der Waals surface area contributed by atoms with Crippen LogP contribution in [0.4, 0.5) is 4.39 Å². The summed E-state index contributed by atoms with van der Waals surface area (Å²) in [5.41, 5.74) is 2.05. The van der Waals surface area contributed by atoms with Gasteiger partial charge < -0.3 is 0 Å². The molecule has 2 heterocycles. The third-order valence-corrected chi connectivity index (χ3v) is 2.09. The van der Waals surface area contributed by atoms with Crippen molar-refractivity contribution in [3.63, 3.8) is 0 Å². The smallest absolute Gasteiger partial charge is 0.153 e. The lowest BCUT2D eigenvalue weighted by Crippen LogP contribution is -1.97. The van der Waals surface area contributed by atoms with Crippen LogP contribution in [-0.2, 0) is 0 Å². The predicted molar refractivity (Wildman–Crippen MR) is 73.5 cm³/mol. The van der Waals surface area contributed by atoms with Crippen LogP contribution in [0.15, 0.2) is 24.5 Å². The summed E-state index contributed by atoms with van der Waals surface area (Å²) in [5, 5.41) is 4.24. The first kappa shape index (κ1) is 16.3. The Morgan fingerprint density at radius 1 is 1.06 bits per heavy atom. The van der Waals surface area contributed by atoms with Crippen LogP contribution in [0.25, 0.3) is 5.82 Å². The molecule has 3 nitrogen and oxygen atoms in total. The molecule has 2 aromatic heterocycles. The van der Waals surface area contributed by atoms with Crippen molar-refractivity contribution < 1.29 is 4.39 Å². The van der Waals surface area contributed by atoms with Gasteiger partial charge in [-0.25, -0.2) is 14.1 Å². The number of nitrogens with zero attached hydrogens (tertiary/aromatic N) is 3. The number of halogens is 1. The Labute approximate surface area is 109 Å². The lowest BCUT2D eigenvalue weighted by atomic mass is 10.3. The average molecular weight is 251 g/mol. The van der Waals surface area contributed by atoms with E-state index in [0.29, 0.717) is 5.82 Å². The van der Waals surface area contributed by atoms with E-state index in [1.54, 1.807) is 10.7 Å². The number of aromatic nitrogens is 3. The van der Waals surface area contributed by atoms with Gasteiger partial charge in [0.1, 0.15) is 5.82 Å². The molecule has 0 atom stereocenters. The van der Waals surface area contributed by atoms with Gasteiger partial charge >= 0.3 is 0 Å². The topological polar surface area (TPSA) is 30.7 Å². The van der Waals surface area contributed by atoms with E-state index in [-0.39, 0.29) is 5.82 Å². The molecular formula is C14H22FN3. The van der Waals surface area contributed by atoms with Gasteiger partial charge in [0.2, 0.25) is 0 Å². The predicted octanol–water partition coefficient (Wildman–Crippen LogP) is 4.08. The number of hydrogen-bond donors (Lipinski definition) is 0. The van der Waals surface area contributed by atoms with Crippen LogP contribution in [0.3, 0.4) is 0 Å². The Hall–Kier alpha value is -1.71. The highest BCUT2D eigenvalue weighted by Gasteiger charge is 2.02. The zero-order valence-electron chi connectivity index (χ0n) is 12.0. The monoisotopic (exact) mass is 251 g/mol. The standard InChI is InChI=1S/C10H10FN3.2C2H6/c1-7-6-14(13-8(7)2)10-4-3-9(11)5-12-10;2*1-2/h3-6H,1-2H3;2*1-2H3. The third-order valence-electron chi connectivity index (χ3n) is 2.09. The van der Waals surface area contributed by atoms with Gasteiger partial charge in [-0.3, -0.25) is 0 Å². The summed E-state index contributed by atoms with van der Waals surface area (Å²) in [4.78, 5) is 3.93. The van der Waals surface area contributed by atoms with Crippen LogP contribution in [0.2, 0.25) is 0 Å². The summed E-state index contributed by atoms with van der Waals surface area (Å²) in [7, 11) is 0. The molecule has 0 aliphatic rings. The SMILES string of the molecule is CC.CC.Cc1cn(-c2ccc(F)cn2)nc1C. The van der Waals surface area contributed by atoms with Crippen molar-refractivity contribution in [3.8, 4) is 5.82 Å². The summed E-state index contributed by atoms with van der Waals surface area (Å²) >= 11 is 0. The maximum atomic E-state index is 12.6. The van der Waals surface area contributed by atoms with Crippen molar-refractivity contribution in [3.05, 3.63) is 41.6 Å². The molecule has 0 radical (unpaired) electrons. The van der Waals surface area contributed by atoms with Crippen LogP contribution in [0, 0.1) is 19.7 Å². The summed E-state index contributed by atoms with van der Waals surface area (Å²) in [5.74, 6) is 0.289. The molecule has 0 bridgehead atoms. The number of pyridine rings is 1. The summed E-state index contributed by atoms with van der Waals surface area (Å²) in [6.07, 6.45) is 3.05. The molecule has 0 N–H and O–H groups in total. The van der Waals surface area contributed by atoms with Gasteiger partial charge in [-0.15, -0.1) is 0 Å². The molecule has 0 amide bonds. The molecule has 2 rings (SSSR count). The van der Waals surface area contributed by atoms with Gasteiger partial charge in [-0.05, 0) is 31.5 Å². The van der Waals surface area contributed by atoms with Gasteiger partial charge in [-0.2, -0.15) is 5.10 Å². The summed E-state index contributed by atoms with van der Waals surface area (Å²) in [6, 6.07) is 2.97. The molecule has 18 heavy (non-hydrogen) atoms. The zero-order chi connectivity index (χ0) is 14.1. The maximum Gasteiger partial charge on any atom is 0.153 e. The minimum atomic E-state index is -0.339. The first-order valence-electron chi connectivity index (χ1n) is 6.31. The van der Waals surface area contributed by atoms with Gasteiger partial charge in [-0.1, -0.05) is 27.7 Å². The minimum absolute atomic E-state index is 0.339. The molecule has 2 aromatic rings. The molecule has 4 heteroatoms. The van der Waals surface area contributed by atoms with Crippen molar-refractivity contribution in [2.24, 2.45) is 0 Å². The fourth-order valence-corrected chi connectivity index (χ4v) is 1.17. The van der Waals surface area contributed by atoms with Crippen LogP contribution in [0.5, 0.6) is 0 Å². The van der Waals surface area contributed by atoms with Crippen molar-refractivity contribution in [2.75, 3.05) is 0 Å². The van der Waals surface area contributed by atoms with E-state index < -0.39 is 0 Å². The van der Waals surface area contributed by atoms with Crippen LogP contribution in [0.1, 0.15) is 39.0 Å². The number of hydrogen-bond acceptors (Lipinski definition) is 2. The van der Waals surface area contributed by atoms with Crippen molar-refractivity contribution >= 4 is 0 Å². The number of aryl methyl sites for hydroxylation is 2. The second kappa shape index (κ2) is 8.39. The van der Waals surface area contributed by atoms with E-state index >= 15 is 0 Å². The summed E-state index contributed by atoms with van der Waals surface area (Å²) in [6.45, 7) is 11.9. The molecule has 0 spiro atoms. The largest absolute Gasteiger partial charge is 0.234 e. The van der Waals surface area contributed by atoms with E-state index in [0.717, 1.165) is 11.3 Å². The second-order valence-electron chi connectivity index (χ2n) is 3.18. The van der Waals surface area contributed by atoms with E-state index in [2.05, 4.69) is 10.1 Å². The first-order valence-corrected chi connectivity index (χ1v) is 6.31. The lowest BCUT2D eigenvalue weighted by molar-refractivity contribution is 0.619. The Bertz CT molecular complexity index is 427. The van der Waals surface area contributed by atoms with Crippen LogP contribution < -0.4 is 0 Å². The molecule has 100 valence electrons. The molecule has 0 unspecified atom stereocenters. The fraction of sp³-hybridized carbons (Fsp3) is 0.429. The Morgan fingerprint density at radius 2 is 1.67 bits per heavy atom. The molecule has 0 fully saturated rings. The van der Waals surface area contributed by atoms with Gasteiger partial charge in [0.15, 0.2) is 5.82 Å². The average Bonchev–Trinajstić information content (AvgIpc) is 2.75.